The van der Waals surface area contributed by atoms with Crippen LogP contribution in [0, 0.1) is 16.7 Å². The summed E-state index contributed by atoms with van der Waals surface area (Å²) in [4.78, 5) is 25.8. The van der Waals surface area contributed by atoms with Gasteiger partial charge in [-0.3, -0.25) is 14.5 Å². The number of nitrogens with zero attached hydrogens (tertiary/aromatic N) is 2. The van der Waals surface area contributed by atoms with Crippen molar-refractivity contribution in [2.24, 2.45) is 5.41 Å². The molecule has 3 rings (SSSR count). The van der Waals surface area contributed by atoms with Crippen LogP contribution in [0.2, 0.25) is 0 Å². The Hall–Kier alpha value is -2.04. The number of ether oxygens (including phenoxy) is 1. The minimum Gasteiger partial charge on any atom is -0.491 e. The van der Waals surface area contributed by atoms with Crippen molar-refractivity contribution >= 4 is 23.6 Å². The third kappa shape index (κ3) is 3.25. The predicted molar refractivity (Wildman–Crippen MR) is 88.4 cm³/mol. The number of hydrogen-bond acceptors (Lipinski definition) is 6. The number of carbonyl (C=O) groups excluding carboxylic acids is 2. The fraction of sp³-hybridized carbons (Fsp3) is 0.471. The molecule has 24 heavy (non-hydrogen) atoms. The zero-order valence-electron chi connectivity index (χ0n) is 13.1. The number of carbonyl (C=O) groups is 2. The molecular formula is C17H18N2O4S. The highest BCUT2D eigenvalue weighted by atomic mass is 32.2. The van der Waals surface area contributed by atoms with Gasteiger partial charge in [0.15, 0.2) is 0 Å². The monoisotopic (exact) mass is 346 g/mol. The Balaban J connectivity index is 1.54. The number of rotatable bonds is 5. The lowest BCUT2D eigenvalue weighted by Gasteiger charge is -2.22. The van der Waals surface area contributed by atoms with Crippen LogP contribution in [0.3, 0.4) is 0 Å². The Bertz CT molecular complexity index is 677. The Labute approximate surface area is 144 Å². The van der Waals surface area contributed by atoms with Gasteiger partial charge in [0.2, 0.25) is 11.8 Å². The summed E-state index contributed by atoms with van der Waals surface area (Å²) in [6, 6.07) is 8.54. The van der Waals surface area contributed by atoms with Gasteiger partial charge in [-0.2, -0.15) is 17.0 Å². The van der Waals surface area contributed by atoms with Crippen LogP contribution in [-0.2, 0) is 9.59 Å². The first-order valence-corrected chi connectivity index (χ1v) is 8.93. The molecule has 0 saturated carbocycles. The van der Waals surface area contributed by atoms with Crippen LogP contribution in [0.5, 0.6) is 5.75 Å². The molecule has 126 valence electrons. The van der Waals surface area contributed by atoms with Gasteiger partial charge in [0.1, 0.15) is 18.5 Å². The van der Waals surface area contributed by atoms with Crippen molar-refractivity contribution in [3.05, 3.63) is 29.8 Å². The molecule has 6 nitrogen and oxygen atoms in total. The molecule has 0 bridgehead atoms. The fourth-order valence-corrected chi connectivity index (χ4v) is 4.48. The van der Waals surface area contributed by atoms with Crippen LogP contribution in [0.4, 0.5) is 0 Å². The minimum atomic E-state index is -0.947. The molecule has 2 amide bonds. The van der Waals surface area contributed by atoms with E-state index in [9.17, 15) is 14.7 Å². The standard InChI is InChI=1S/C17H18N2O4S/c18-8-12-1-3-14(4-2-12)23-10-13(20)9-19-15(21)7-17(16(19)22)5-6-24-11-17/h1-4,13,20H,5-7,9-11H2. The minimum absolute atomic E-state index is 0.0231. The van der Waals surface area contributed by atoms with E-state index < -0.39 is 11.5 Å². The molecule has 2 atom stereocenters. The number of amides is 2. The van der Waals surface area contributed by atoms with E-state index >= 15 is 0 Å². The summed E-state index contributed by atoms with van der Waals surface area (Å²) in [6.07, 6.45) is 0.0382. The zero-order valence-corrected chi connectivity index (χ0v) is 13.9. The van der Waals surface area contributed by atoms with Crippen molar-refractivity contribution < 1.29 is 19.4 Å². The van der Waals surface area contributed by atoms with Gasteiger partial charge in [0.25, 0.3) is 0 Å². The van der Waals surface area contributed by atoms with Gasteiger partial charge in [0.05, 0.1) is 23.6 Å². The third-order valence-electron chi connectivity index (χ3n) is 4.41. The number of nitriles is 1. The van der Waals surface area contributed by atoms with Crippen LogP contribution >= 0.6 is 11.8 Å². The maximum Gasteiger partial charge on any atom is 0.236 e. The Morgan fingerprint density at radius 3 is 2.75 bits per heavy atom. The van der Waals surface area contributed by atoms with E-state index in [1.807, 2.05) is 6.07 Å². The zero-order chi connectivity index (χ0) is 17.2. The van der Waals surface area contributed by atoms with E-state index in [0.29, 0.717) is 17.1 Å². The van der Waals surface area contributed by atoms with Gasteiger partial charge in [-0.15, -0.1) is 0 Å². The van der Waals surface area contributed by atoms with Crippen molar-refractivity contribution in [2.45, 2.75) is 18.9 Å². The summed E-state index contributed by atoms with van der Waals surface area (Å²) in [7, 11) is 0. The molecule has 2 aliphatic rings. The molecule has 2 fully saturated rings. The lowest BCUT2D eigenvalue weighted by atomic mass is 9.86. The number of hydrogen-bond donors (Lipinski definition) is 1. The van der Waals surface area contributed by atoms with Crippen LogP contribution in [-0.4, -0.2) is 52.6 Å². The van der Waals surface area contributed by atoms with Crippen molar-refractivity contribution in [3.63, 3.8) is 0 Å². The first-order valence-electron chi connectivity index (χ1n) is 7.78. The summed E-state index contributed by atoms with van der Waals surface area (Å²) in [5.41, 5.74) is -0.0222. The number of β-amino-alcohol motifs (C(OH)–C–C–N with tert-alkyl or cyclic N) is 1. The molecule has 2 saturated heterocycles. The van der Waals surface area contributed by atoms with Gasteiger partial charge in [0, 0.05) is 12.2 Å². The molecule has 0 radical (unpaired) electrons. The Kier molecular flexibility index (Phi) is 4.78. The Morgan fingerprint density at radius 2 is 2.12 bits per heavy atom. The largest absolute Gasteiger partial charge is 0.491 e. The molecule has 0 aliphatic carbocycles. The topological polar surface area (TPSA) is 90.6 Å². The molecule has 7 heteroatoms. The normalized spacial score (nSPS) is 24.4. The maximum atomic E-state index is 12.5. The average Bonchev–Trinajstić information content (AvgIpc) is 3.14. The number of aliphatic hydroxyl groups excluding tert-OH is 1. The van der Waals surface area contributed by atoms with E-state index in [1.54, 1.807) is 36.0 Å². The van der Waals surface area contributed by atoms with Gasteiger partial charge in [-0.25, -0.2) is 0 Å². The van der Waals surface area contributed by atoms with Crippen molar-refractivity contribution in [2.75, 3.05) is 24.7 Å². The number of benzene rings is 1. The Morgan fingerprint density at radius 1 is 1.38 bits per heavy atom. The van der Waals surface area contributed by atoms with Crippen LogP contribution in [0.25, 0.3) is 0 Å². The van der Waals surface area contributed by atoms with Gasteiger partial charge in [-0.05, 0) is 36.4 Å². The second-order valence-electron chi connectivity index (χ2n) is 6.17. The number of thioether (sulfide) groups is 1. The first kappa shape index (κ1) is 16.8. The highest BCUT2D eigenvalue weighted by Crippen LogP contribution is 2.44. The average molecular weight is 346 g/mol. The van der Waals surface area contributed by atoms with E-state index in [0.717, 1.165) is 12.2 Å². The van der Waals surface area contributed by atoms with Crippen molar-refractivity contribution in [3.8, 4) is 11.8 Å². The van der Waals surface area contributed by atoms with Crippen LogP contribution < -0.4 is 4.74 Å². The van der Waals surface area contributed by atoms with E-state index in [-0.39, 0.29) is 31.4 Å². The van der Waals surface area contributed by atoms with Crippen molar-refractivity contribution in [1.29, 1.82) is 5.26 Å². The summed E-state index contributed by atoms with van der Waals surface area (Å²) in [5, 5.41) is 18.9. The summed E-state index contributed by atoms with van der Waals surface area (Å²) >= 11 is 1.70. The molecule has 1 aromatic rings. The molecule has 2 unspecified atom stereocenters. The lowest BCUT2D eigenvalue weighted by Crippen LogP contribution is -2.41. The maximum absolute atomic E-state index is 12.5. The SMILES string of the molecule is N#Cc1ccc(OCC(O)CN2C(=O)CC3(CCSC3)C2=O)cc1. The van der Waals surface area contributed by atoms with Crippen LogP contribution in [0.1, 0.15) is 18.4 Å². The summed E-state index contributed by atoms with van der Waals surface area (Å²) in [5.74, 6) is 1.74. The highest BCUT2D eigenvalue weighted by molar-refractivity contribution is 7.99. The third-order valence-corrected chi connectivity index (χ3v) is 5.66. The van der Waals surface area contributed by atoms with Gasteiger partial charge in [-0.1, -0.05) is 0 Å². The molecule has 1 aromatic carbocycles. The van der Waals surface area contributed by atoms with Crippen molar-refractivity contribution in [1.82, 2.24) is 4.90 Å². The molecule has 1 N–H and O–H groups in total. The molecule has 0 aromatic heterocycles. The van der Waals surface area contributed by atoms with Crippen LogP contribution in [0.15, 0.2) is 24.3 Å². The second-order valence-corrected chi connectivity index (χ2v) is 7.28. The molecule has 1 spiro atoms. The fourth-order valence-electron chi connectivity index (χ4n) is 3.04. The highest BCUT2D eigenvalue weighted by Gasteiger charge is 2.53. The predicted octanol–water partition coefficient (Wildman–Crippen LogP) is 1.18. The quantitative estimate of drug-likeness (QED) is 0.805. The lowest BCUT2D eigenvalue weighted by molar-refractivity contribution is -0.142. The van der Waals surface area contributed by atoms with E-state index in [2.05, 4.69) is 0 Å². The number of imide groups is 1. The molecular weight excluding hydrogens is 328 g/mol. The number of likely N-dealkylation sites (tertiary alicyclic amines) is 1. The van der Waals surface area contributed by atoms with E-state index in [4.69, 9.17) is 10.00 Å². The van der Waals surface area contributed by atoms with Gasteiger partial charge >= 0.3 is 0 Å². The van der Waals surface area contributed by atoms with E-state index in [1.165, 1.54) is 4.90 Å². The second kappa shape index (κ2) is 6.83. The molecule has 2 heterocycles. The smallest absolute Gasteiger partial charge is 0.236 e. The van der Waals surface area contributed by atoms with Gasteiger partial charge < -0.3 is 9.84 Å². The summed E-state index contributed by atoms with van der Waals surface area (Å²) < 4.78 is 5.45. The summed E-state index contributed by atoms with van der Waals surface area (Å²) in [6.45, 7) is -0.0644. The first-order chi connectivity index (χ1) is 11.5. The number of aliphatic hydroxyl groups is 1. The molecule has 2 aliphatic heterocycles.